The largest absolute Gasteiger partial charge is 0.494 e. The monoisotopic (exact) mass is 178 g/mol. The second-order valence-corrected chi connectivity index (χ2v) is 2.81. The molecule has 70 valence electrons. The highest BCUT2D eigenvalue weighted by atomic mass is 16.5. The number of hydrogen-bond donors (Lipinski definition) is 2. The van der Waals surface area contributed by atoms with Crippen molar-refractivity contribution in [2.24, 2.45) is 0 Å². The van der Waals surface area contributed by atoms with Crippen molar-refractivity contribution in [2.75, 3.05) is 12.3 Å². The van der Waals surface area contributed by atoms with Gasteiger partial charge in [0.25, 0.3) is 0 Å². The molecule has 1 aromatic carbocycles. The molecule has 0 spiro atoms. The quantitative estimate of drug-likeness (QED) is 0.549. The highest BCUT2D eigenvalue weighted by molar-refractivity contribution is 6.01. The maximum Gasteiger partial charge on any atom is 0.121 e. The van der Waals surface area contributed by atoms with Crippen LogP contribution in [0.25, 0.3) is 0 Å². The molecule has 3 N–H and O–H groups in total. The van der Waals surface area contributed by atoms with Gasteiger partial charge in [-0.05, 0) is 26.0 Å². The van der Waals surface area contributed by atoms with Crippen LogP contribution in [0.15, 0.2) is 18.2 Å². The van der Waals surface area contributed by atoms with E-state index in [4.69, 9.17) is 15.9 Å². The van der Waals surface area contributed by atoms with Crippen LogP contribution in [0.1, 0.15) is 19.4 Å². The summed E-state index contributed by atoms with van der Waals surface area (Å²) in [4.78, 5) is 0. The molecule has 0 aromatic heterocycles. The second kappa shape index (κ2) is 3.94. The molecular formula is C10H14N2O. The van der Waals surface area contributed by atoms with Gasteiger partial charge < -0.3 is 15.9 Å². The first-order chi connectivity index (χ1) is 6.15. The number of anilines is 1. The van der Waals surface area contributed by atoms with Crippen LogP contribution < -0.4 is 10.5 Å². The van der Waals surface area contributed by atoms with Crippen molar-refractivity contribution in [3.05, 3.63) is 23.8 Å². The van der Waals surface area contributed by atoms with Crippen molar-refractivity contribution >= 4 is 11.4 Å². The van der Waals surface area contributed by atoms with Crippen molar-refractivity contribution in [1.82, 2.24) is 0 Å². The van der Waals surface area contributed by atoms with E-state index < -0.39 is 0 Å². The Morgan fingerprint density at radius 3 is 2.69 bits per heavy atom. The van der Waals surface area contributed by atoms with E-state index in [1.54, 1.807) is 13.0 Å². The molecule has 0 aliphatic rings. The Morgan fingerprint density at radius 2 is 2.23 bits per heavy atom. The van der Waals surface area contributed by atoms with Gasteiger partial charge in [-0.1, -0.05) is 0 Å². The zero-order chi connectivity index (χ0) is 9.84. The number of ether oxygens (including phenoxy) is 1. The third-order valence-electron chi connectivity index (χ3n) is 1.74. The summed E-state index contributed by atoms with van der Waals surface area (Å²) in [6.07, 6.45) is 0. The van der Waals surface area contributed by atoms with E-state index in [1.807, 2.05) is 19.1 Å². The van der Waals surface area contributed by atoms with Crippen LogP contribution in [-0.2, 0) is 0 Å². The Balaban J connectivity index is 2.98. The van der Waals surface area contributed by atoms with Crippen molar-refractivity contribution in [1.29, 1.82) is 5.41 Å². The number of benzene rings is 1. The van der Waals surface area contributed by atoms with E-state index in [0.717, 1.165) is 11.3 Å². The molecule has 0 heterocycles. The molecule has 0 aliphatic heterocycles. The van der Waals surface area contributed by atoms with Crippen molar-refractivity contribution in [3.8, 4) is 5.75 Å². The molecule has 13 heavy (non-hydrogen) atoms. The summed E-state index contributed by atoms with van der Waals surface area (Å²) in [5.41, 5.74) is 7.57. The van der Waals surface area contributed by atoms with Gasteiger partial charge in [-0.2, -0.15) is 0 Å². The fourth-order valence-corrected chi connectivity index (χ4v) is 1.14. The third kappa shape index (κ3) is 2.21. The van der Waals surface area contributed by atoms with Crippen LogP contribution in [0.3, 0.4) is 0 Å². The summed E-state index contributed by atoms with van der Waals surface area (Å²) in [5.74, 6) is 0.755. The Bertz CT molecular complexity index is 321. The molecule has 0 saturated carbocycles. The van der Waals surface area contributed by atoms with Gasteiger partial charge in [-0.3, -0.25) is 0 Å². The maximum absolute atomic E-state index is 7.43. The number of nitrogens with one attached hydrogen (secondary N) is 1. The Labute approximate surface area is 78.0 Å². The van der Waals surface area contributed by atoms with Gasteiger partial charge in [0.2, 0.25) is 0 Å². The van der Waals surface area contributed by atoms with E-state index in [2.05, 4.69) is 0 Å². The van der Waals surface area contributed by atoms with E-state index in [-0.39, 0.29) is 0 Å². The van der Waals surface area contributed by atoms with Crippen LogP contribution >= 0.6 is 0 Å². The topological polar surface area (TPSA) is 59.1 Å². The zero-order valence-corrected chi connectivity index (χ0v) is 7.92. The van der Waals surface area contributed by atoms with E-state index in [9.17, 15) is 0 Å². The molecular weight excluding hydrogens is 164 g/mol. The van der Waals surface area contributed by atoms with E-state index >= 15 is 0 Å². The molecule has 0 aliphatic carbocycles. The normalized spacial score (nSPS) is 9.69. The van der Waals surface area contributed by atoms with Crippen LogP contribution in [0.2, 0.25) is 0 Å². The number of nitrogens with two attached hydrogens (primary N) is 1. The molecule has 0 amide bonds. The molecule has 0 atom stereocenters. The number of hydrogen-bond acceptors (Lipinski definition) is 3. The average Bonchev–Trinajstić information content (AvgIpc) is 2.04. The van der Waals surface area contributed by atoms with E-state index in [1.165, 1.54) is 0 Å². The van der Waals surface area contributed by atoms with Gasteiger partial charge in [0.15, 0.2) is 0 Å². The first-order valence-electron chi connectivity index (χ1n) is 4.23. The third-order valence-corrected chi connectivity index (χ3v) is 1.74. The standard InChI is InChI=1S/C10H14N2O/c1-3-13-8-4-5-9(7(2)11)10(12)6-8/h4-6,11H,3,12H2,1-2H3. The molecule has 0 bridgehead atoms. The fourth-order valence-electron chi connectivity index (χ4n) is 1.14. The number of nitrogen functional groups attached to an aromatic ring is 1. The van der Waals surface area contributed by atoms with Crippen LogP contribution in [0.4, 0.5) is 5.69 Å². The lowest BCUT2D eigenvalue weighted by Crippen LogP contribution is -2.00. The molecule has 0 radical (unpaired) electrons. The van der Waals surface area contributed by atoms with Crippen molar-refractivity contribution < 1.29 is 4.74 Å². The maximum atomic E-state index is 7.43. The number of rotatable bonds is 3. The molecule has 3 nitrogen and oxygen atoms in total. The van der Waals surface area contributed by atoms with Gasteiger partial charge in [0.1, 0.15) is 5.75 Å². The van der Waals surface area contributed by atoms with Crippen molar-refractivity contribution in [3.63, 3.8) is 0 Å². The highest BCUT2D eigenvalue weighted by Gasteiger charge is 2.02. The van der Waals surface area contributed by atoms with Gasteiger partial charge >= 0.3 is 0 Å². The van der Waals surface area contributed by atoms with E-state index in [0.29, 0.717) is 18.0 Å². The lowest BCUT2D eigenvalue weighted by molar-refractivity contribution is 0.340. The highest BCUT2D eigenvalue weighted by Crippen LogP contribution is 2.20. The predicted molar refractivity (Wildman–Crippen MR) is 54.5 cm³/mol. The summed E-state index contributed by atoms with van der Waals surface area (Å²) in [6, 6.07) is 5.38. The lowest BCUT2D eigenvalue weighted by Gasteiger charge is -2.07. The first kappa shape index (κ1) is 9.58. The van der Waals surface area contributed by atoms with Crippen molar-refractivity contribution in [2.45, 2.75) is 13.8 Å². The second-order valence-electron chi connectivity index (χ2n) is 2.81. The summed E-state index contributed by atoms with van der Waals surface area (Å²) in [6.45, 7) is 4.26. The van der Waals surface area contributed by atoms with Crippen LogP contribution in [0.5, 0.6) is 5.75 Å². The Kier molecular flexibility index (Phi) is 2.90. The smallest absolute Gasteiger partial charge is 0.121 e. The Hall–Kier alpha value is -1.51. The molecule has 0 fully saturated rings. The lowest BCUT2D eigenvalue weighted by atomic mass is 10.1. The molecule has 0 unspecified atom stereocenters. The summed E-state index contributed by atoms with van der Waals surface area (Å²) in [7, 11) is 0. The molecule has 1 aromatic rings. The van der Waals surface area contributed by atoms with Gasteiger partial charge in [-0.15, -0.1) is 0 Å². The zero-order valence-electron chi connectivity index (χ0n) is 7.92. The predicted octanol–water partition coefficient (Wildman–Crippen LogP) is 2.06. The minimum absolute atomic E-state index is 0.473. The molecule has 1 rings (SSSR count). The van der Waals surface area contributed by atoms with Crippen LogP contribution in [0, 0.1) is 5.41 Å². The van der Waals surface area contributed by atoms with Gasteiger partial charge in [0.05, 0.1) is 6.61 Å². The minimum Gasteiger partial charge on any atom is -0.494 e. The summed E-state index contributed by atoms with van der Waals surface area (Å²) < 4.78 is 5.27. The molecule has 0 saturated heterocycles. The van der Waals surface area contributed by atoms with Crippen LogP contribution in [-0.4, -0.2) is 12.3 Å². The minimum atomic E-state index is 0.473. The SMILES string of the molecule is CCOc1ccc(C(C)=N)c(N)c1. The fraction of sp³-hybridized carbons (Fsp3) is 0.300. The summed E-state index contributed by atoms with van der Waals surface area (Å²) >= 11 is 0. The van der Waals surface area contributed by atoms with Gasteiger partial charge in [-0.25, -0.2) is 0 Å². The average molecular weight is 178 g/mol. The first-order valence-corrected chi connectivity index (χ1v) is 4.23. The molecule has 3 heteroatoms. The van der Waals surface area contributed by atoms with Gasteiger partial charge in [0, 0.05) is 23.0 Å². The Morgan fingerprint density at radius 1 is 1.54 bits per heavy atom. The summed E-state index contributed by atoms with van der Waals surface area (Å²) in [5, 5.41) is 7.43.